The van der Waals surface area contributed by atoms with Gasteiger partial charge >= 0.3 is 0 Å². The first-order valence-electron chi connectivity index (χ1n) is 9.99. The van der Waals surface area contributed by atoms with Gasteiger partial charge in [-0.3, -0.25) is 4.79 Å². The third-order valence-corrected chi connectivity index (χ3v) is 6.55. The highest BCUT2D eigenvalue weighted by atomic mass is 32.2. The number of rotatable bonds is 8. The van der Waals surface area contributed by atoms with Crippen LogP contribution in [0.2, 0.25) is 0 Å². The highest BCUT2D eigenvalue weighted by Crippen LogP contribution is 2.31. The van der Waals surface area contributed by atoms with Crippen LogP contribution in [0.15, 0.2) is 76.5 Å². The molecule has 0 aliphatic carbocycles. The molecule has 0 bridgehead atoms. The number of amides is 1. The van der Waals surface area contributed by atoms with Crippen molar-refractivity contribution in [2.75, 3.05) is 23.8 Å². The van der Waals surface area contributed by atoms with Gasteiger partial charge in [0.15, 0.2) is 0 Å². The number of nitrogens with one attached hydrogen (secondary N) is 2. The third kappa shape index (κ3) is 5.44. The second-order valence-electron chi connectivity index (χ2n) is 7.12. The number of hydrogen-bond donors (Lipinski definition) is 2. The maximum atomic E-state index is 13.3. The fraction of sp³-hybridized carbons (Fsp3) is 0.208. The van der Waals surface area contributed by atoms with Gasteiger partial charge < -0.3 is 15.4 Å². The van der Waals surface area contributed by atoms with E-state index in [-0.39, 0.29) is 22.2 Å². The van der Waals surface area contributed by atoms with Crippen LogP contribution in [0.3, 0.4) is 0 Å². The Morgan fingerprint density at radius 3 is 2.32 bits per heavy atom. The van der Waals surface area contributed by atoms with Crippen LogP contribution in [0.4, 0.5) is 11.4 Å². The van der Waals surface area contributed by atoms with E-state index in [0.29, 0.717) is 23.7 Å². The minimum Gasteiger partial charge on any atom is -0.494 e. The largest absolute Gasteiger partial charge is 0.494 e. The van der Waals surface area contributed by atoms with Gasteiger partial charge in [0, 0.05) is 11.8 Å². The molecule has 0 unspecified atom stereocenters. The molecule has 3 aromatic carbocycles. The molecule has 0 fully saturated rings. The Labute approximate surface area is 183 Å². The number of sulfone groups is 1. The molecule has 2 N–H and O–H groups in total. The molecular formula is C24H26N2O4S. The van der Waals surface area contributed by atoms with Crippen molar-refractivity contribution in [1.82, 2.24) is 0 Å². The van der Waals surface area contributed by atoms with Crippen LogP contribution < -0.4 is 15.4 Å². The lowest BCUT2D eigenvalue weighted by atomic mass is 10.2. The summed E-state index contributed by atoms with van der Waals surface area (Å²) in [5, 5.41) is 5.80. The van der Waals surface area contributed by atoms with Crippen LogP contribution in [-0.4, -0.2) is 27.5 Å². The van der Waals surface area contributed by atoms with E-state index in [0.717, 1.165) is 11.1 Å². The van der Waals surface area contributed by atoms with Crippen LogP contribution in [0.25, 0.3) is 0 Å². The SMILES string of the molecule is CCOc1ccc(NCC(=O)Nc2ccccc2C)c(S(=O)(=O)c2ccc(C)cc2)c1. The van der Waals surface area contributed by atoms with Crippen LogP contribution in [0.5, 0.6) is 5.75 Å². The van der Waals surface area contributed by atoms with Crippen molar-refractivity contribution in [2.45, 2.75) is 30.6 Å². The van der Waals surface area contributed by atoms with E-state index < -0.39 is 9.84 Å². The molecule has 0 aromatic heterocycles. The minimum atomic E-state index is -3.81. The minimum absolute atomic E-state index is 0.0611. The molecule has 0 spiro atoms. The summed E-state index contributed by atoms with van der Waals surface area (Å²) in [4.78, 5) is 12.7. The molecule has 0 saturated carbocycles. The Kier molecular flexibility index (Phi) is 6.97. The van der Waals surface area contributed by atoms with E-state index >= 15 is 0 Å². The Morgan fingerprint density at radius 1 is 0.935 bits per heavy atom. The predicted octanol–water partition coefficient (Wildman–Crippen LogP) is 4.59. The normalized spacial score (nSPS) is 11.1. The van der Waals surface area contributed by atoms with E-state index in [1.807, 2.05) is 45.0 Å². The molecule has 0 saturated heterocycles. The van der Waals surface area contributed by atoms with Crippen molar-refractivity contribution in [3.63, 3.8) is 0 Å². The molecule has 31 heavy (non-hydrogen) atoms. The van der Waals surface area contributed by atoms with Gasteiger partial charge in [-0.1, -0.05) is 35.9 Å². The quantitative estimate of drug-likeness (QED) is 0.538. The standard InChI is InChI=1S/C24H26N2O4S/c1-4-30-19-11-14-22(25-16-24(27)26-21-8-6-5-7-18(21)3)23(15-19)31(28,29)20-12-9-17(2)10-13-20/h5-15,25H,4,16H2,1-3H3,(H,26,27). The average Bonchev–Trinajstić information content (AvgIpc) is 2.75. The van der Waals surface area contributed by atoms with Crippen molar-refractivity contribution in [3.05, 3.63) is 77.9 Å². The summed E-state index contributed by atoms with van der Waals surface area (Å²) in [6, 6.07) is 18.9. The van der Waals surface area contributed by atoms with Crippen LogP contribution in [0.1, 0.15) is 18.1 Å². The van der Waals surface area contributed by atoms with Gasteiger partial charge in [0.25, 0.3) is 0 Å². The average molecular weight is 439 g/mol. The molecule has 3 aromatic rings. The first-order valence-corrected chi connectivity index (χ1v) is 11.5. The topological polar surface area (TPSA) is 84.5 Å². The molecule has 0 aliphatic rings. The van der Waals surface area contributed by atoms with Gasteiger partial charge in [-0.2, -0.15) is 0 Å². The van der Waals surface area contributed by atoms with Crippen molar-refractivity contribution in [3.8, 4) is 5.75 Å². The Hall–Kier alpha value is -3.32. The van der Waals surface area contributed by atoms with E-state index in [1.165, 1.54) is 6.07 Å². The molecular weight excluding hydrogens is 412 g/mol. The Morgan fingerprint density at radius 2 is 1.65 bits per heavy atom. The van der Waals surface area contributed by atoms with Crippen LogP contribution in [-0.2, 0) is 14.6 Å². The second kappa shape index (κ2) is 9.66. The lowest BCUT2D eigenvalue weighted by Gasteiger charge is -2.15. The van der Waals surface area contributed by atoms with E-state index in [9.17, 15) is 13.2 Å². The smallest absolute Gasteiger partial charge is 0.243 e. The monoisotopic (exact) mass is 438 g/mol. The zero-order valence-electron chi connectivity index (χ0n) is 17.8. The van der Waals surface area contributed by atoms with Gasteiger partial charge in [-0.15, -0.1) is 0 Å². The third-order valence-electron chi connectivity index (χ3n) is 4.74. The molecule has 7 heteroatoms. The highest BCUT2D eigenvalue weighted by molar-refractivity contribution is 7.91. The summed E-state index contributed by atoms with van der Waals surface area (Å²) in [5.74, 6) is 0.171. The molecule has 0 aliphatic heterocycles. The van der Waals surface area contributed by atoms with E-state index in [4.69, 9.17) is 4.74 Å². The number of para-hydroxylation sites is 1. The fourth-order valence-electron chi connectivity index (χ4n) is 3.05. The lowest BCUT2D eigenvalue weighted by Crippen LogP contribution is -2.23. The Balaban J connectivity index is 1.87. The number of aryl methyl sites for hydroxylation is 2. The molecule has 0 heterocycles. The first-order chi connectivity index (χ1) is 14.8. The predicted molar refractivity (Wildman–Crippen MR) is 123 cm³/mol. The maximum absolute atomic E-state index is 13.3. The van der Waals surface area contributed by atoms with Gasteiger partial charge in [-0.25, -0.2) is 8.42 Å². The molecule has 0 radical (unpaired) electrons. The summed E-state index contributed by atoms with van der Waals surface area (Å²) in [6.07, 6.45) is 0. The lowest BCUT2D eigenvalue weighted by molar-refractivity contribution is -0.114. The summed E-state index contributed by atoms with van der Waals surface area (Å²) in [7, 11) is -3.81. The summed E-state index contributed by atoms with van der Waals surface area (Å²) in [6.45, 7) is 5.96. The number of carbonyl (C=O) groups is 1. The number of benzene rings is 3. The molecule has 1 amide bonds. The van der Waals surface area contributed by atoms with Gasteiger partial charge in [-0.05, 0) is 56.7 Å². The Bertz CT molecular complexity index is 1170. The molecule has 0 atom stereocenters. The second-order valence-corrected chi connectivity index (χ2v) is 9.04. The van der Waals surface area contributed by atoms with Gasteiger partial charge in [0.05, 0.1) is 28.6 Å². The van der Waals surface area contributed by atoms with Crippen LogP contribution >= 0.6 is 0 Å². The first kappa shape index (κ1) is 22.4. The van der Waals surface area contributed by atoms with Crippen molar-refractivity contribution < 1.29 is 17.9 Å². The van der Waals surface area contributed by atoms with Gasteiger partial charge in [0.2, 0.25) is 15.7 Å². The number of carbonyl (C=O) groups excluding carboxylic acids is 1. The van der Waals surface area contributed by atoms with E-state index in [2.05, 4.69) is 10.6 Å². The van der Waals surface area contributed by atoms with Crippen LogP contribution in [0, 0.1) is 13.8 Å². The fourth-order valence-corrected chi connectivity index (χ4v) is 4.50. The summed E-state index contributed by atoms with van der Waals surface area (Å²) >= 11 is 0. The number of hydrogen-bond acceptors (Lipinski definition) is 5. The maximum Gasteiger partial charge on any atom is 0.243 e. The highest BCUT2D eigenvalue weighted by Gasteiger charge is 2.23. The van der Waals surface area contributed by atoms with Crippen molar-refractivity contribution >= 4 is 27.1 Å². The van der Waals surface area contributed by atoms with Gasteiger partial charge in [0.1, 0.15) is 5.75 Å². The zero-order valence-corrected chi connectivity index (χ0v) is 18.6. The number of anilines is 2. The van der Waals surface area contributed by atoms with E-state index in [1.54, 1.807) is 36.4 Å². The molecule has 162 valence electrons. The van der Waals surface area contributed by atoms with Crippen molar-refractivity contribution in [1.29, 1.82) is 0 Å². The summed E-state index contributed by atoms with van der Waals surface area (Å²) < 4.78 is 32.1. The molecule has 6 nitrogen and oxygen atoms in total. The molecule has 3 rings (SSSR count). The zero-order chi connectivity index (χ0) is 22.4. The number of ether oxygens (including phenoxy) is 1. The van der Waals surface area contributed by atoms with Crippen molar-refractivity contribution in [2.24, 2.45) is 0 Å². The summed E-state index contributed by atoms with van der Waals surface area (Å²) in [5.41, 5.74) is 2.96.